The van der Waals surface area contributed by atoms with Crippen LogP contribution in [0.2, 0.25) is 0 Å². The van der Waals surface area contributed by atoms with E-state index in [1.165, 1.54) is 7.11 Å². The van der Waals surface area contributed by atoms with E-state index in [0.29, 0.717) is 26.1 Å². The predicted octanol–water partition coefficient (Wildman–Crippen LogP) is 1.29. The van der Waals surface area contributed by atoms with Gasteiger partial charge in [-0.3, -0.25) is 9.59 Å². The number of cyclic esters (lactones) is 1. The zero-order chi connectivity index (χ0) is 15.7. The Balaban J connectivity index is 1.70. The first-order chi connectivity index (χ1) is 10.6. The van der Waals surface area contributed by atoms with Crippen LogP contribution < -0.4 is 0 Å². The molecule has 0 saturated carbocycles. The predicted molar refractivity (Wildman–Crippen MR) is 75.6 cm³/mol. The Morgan fingerprint density at radius 2 is 2.00 bits per heavy atom. The summed E-state index contributed by atoms with van der Waals surface area (Å²) in [6.07, 6.45) is 4.93. The van der Waals surface area contributed by atoms with Crippen molar-refractivity contribution in [2.24, 2.45) is 23.7 Å². The number of hydrogen-bond donors (Lipinski definition) is 0. The summed E-state index contributed by atoms with van der Waals surface area (Å²) in [7, 11) is 1.36. The van der Waals surface area contributed by atoms with Crippen LogP contribution >= 0.6 is 0 Å². The fourth-order valence-corrected chi connectivity index (χ4v) is 3.70. The Morgan fingerprint density at radius 1 is 1.27 bits per heavy atom. The number of fused-ring (bicyclic) bond motifs is 1. The number of esters is 2. The Hall–Kier alpha value is -1.40. The highest BCUT2D eigenvalue weighted by Gasteiger charge is 2.52. The molecule has 0 bridgehead atoms. The average molecular weight is 310 g/mol. The van der Waals surface area contributed by atoms with Crippen molar-refractivity contribution in [2.75, 3.05) is 20.3 Å². The molecule has 0 amide bonds. The molecular weight excluding hydrogens is 288 g/mol. The SMILES string of the molecule is COC(=O)[C@H]1[C@@H]2C(=O)O[C@H](CCC3OCCO3)[C@H]2C=C[C@H]1C. The molecule has 0 aromatic heterocycles. The van der Waals surface area contributed by atoms with E-state index in [9.17, 15) is 9.59 Å². The molecule has 0 N–H and O–H groups in total. The summed E-state index contributed by atoms with van der Waals surface area (Å²) in [5.74, 6) is -1.64. The van der Waals surface area contributed by atoms with Crippen molar-refractivity contribution in [3.63, 3.8) is 0 Å². The molecule has 1 aliphatic carbocycles. The van der Waals surface area contributed by atoms with Gasteiger partial charge in [0.25, 0.3) is 0 Å². The minimum Gasteiger partial charge on any atom is -0.469 e. The summed E-state index contributed by atoms with van der Waals surface area (Å²) in [5, 5.41) is 0. The Labute approximate surface area is 129 Å². The van der Waals surface area contributed by atoms with Gasteiger partial charge >= 0.3 is 11.9 Å². The van der Waals surface area contributed by atoms with E-state index in [1.807, 2.05) is 19.1 Å². The molecule has 0 unspecified atom stereocenters. The van der Waals surface area contributed by atoms with Gasteiger partial charge in [0.1, 0.15) is 6.10 Å². The molecule has 2 saturated heterocycles. The molecule has 2 heterocycles. The highest BCUT2D eigenvalue weighted by atomic mass is 16.7. The largest absolute Gasteiger partial charge is 0.469 e. The number of methoxy groups -OCH3 is 1. The maximum absolute atomic E-state index is 12.3. The lowest BCUT2D eigenvalue weighted by atomic mass is 9.70. The maximum atomic E-state index is 12.3. The van der Waals surface area contributed by atoms with Gasteiger partial charge in [-0.05, 0) is 12.3 Å². The molecule has 6 nitrogen and oxygen atoms in total. The molecule has 122 valence electrons. The fourth-order valence-electron chi connectivity index (χ4n) is 3.70. The van der Waals surface area contributed by atoms with Crippen LogP contribution in [0, 0.1) is 23.7 Å². The van der Waals surface area contributed by atoms with Crippen LogP contribution in [-0.4, -0.2) is 44.7 Å². The van der Waals surface area contributed by atoms with Crippen LogP contribution in [0.25, 0.3) is 0 Å². The number of ether oxygens (including phenoxy) is 4. The molecule has 3 rings (SSSR count). The highest BCUT2D eigenvalue weighted by Crippen LogP contribution is 2.44. The summed E-state index contributed by atoms with van der Waals surface area (Å²) in [5.41, 5.74) is 0. The lowest BCUT2D eigenvalue weighted by molar-refractivity contribution is -0.156. The molecule has 2 fully saturated rings. The van der Waals surface area contributed by atoms with E-state index in [1.54, 1.807) is 0 Å². The van der Waals surface area contributed by atoms with E-state index in [2.05, 4.69) is 0 Å². The molecule has 0 spiro atoms. The van der Waals surface area contributed by atoms with Gasteiger partial charge in [0.15, 0.2) is 6.29 Å². The molecule has 22 heavy (non-hydrogen) atoms. The Morgan fingerprint density at radius 3 is 2.68 bits per heavy atom. The van der Waals surface area contributed by atoms with Crippen LogP contribution in [0.5, 0.6) is 0 Å². The second kappa shape index (κ2) is 6.38. The summed E-state index contributed by atoms with van der Waals surface area (Å²) in [4.78, 5) is 24.3. The lowest BCUT2D eigenvalue weighted by Gasteiger charge is -2.30. The third-order valence-electron chi connectivity index (χ3n) is 4.82. The van der Waals surface area contributed by atoms with Crippen LogP contribution in [0.4, 0.5) is 0 Å². The van der Waals surface area contributed by atoms with Crippen molar-refractivity contribution in [3.8, 4) is 0 Å². The third-order valence-corrected chi connectivity index (χ3v) is 4.82. The quantitative estimate of drug-likeness (QED) is 0.575. The van der Waals surface area contributed by atoms with Gasteiger partial charge in [0.05, 0.1) is 32.2 Å². The number of allylic oxidation sites excluding steroid dienone is 1. The van der Waals surface area contributed by atoms with Gasteiger partial charge in [-0.1, -0.05) is 19.1 Å². The third kappa shape index (κ3) is 2.77. The van der Waals surface area contributed by atoms with E-state index in [0.717, 1.165) is 0 Å². The summed E-state index contributed by atoms with van der Waals surface area (Å²) in [6, 6.07) is 0. The molecule has 3 aliphatic rings. The van der Waals surface area contributed by atoms with Crippen molar-refractivity contribution in [1.29, 1.82) is 0 Å². The minimum atomic E-state index is -0.462. The molecule has 6 heteroatoms. The Kier molecular flexibility index (Phi) is 4.49. The van der Waals surface area contributed by atoms with Crippen molar-refractivity contribution >= 4 is 11.9 Å². The van der Waals surface area contributed by atoms with Gasteiger partial charge in [-0.2, -0.15) is 0 Å². The first kappa shape index (κ1) is 15.5. The molecular formula is C16H22O6. The first-order valence-corrected chi connectivity index (χ1v) is 7.81. The Bertz CT molecular complexity index is 467. The molecule has 0 radical (unpaired) electrons. The number of rotatable bonds is 4. The summed E-state index contributed by atoms with van der Waals surface area (Å²) < 4.78 is 21.2. The number of hydrogen-bond acceptors (Lipinski definition) is 6. The zero-order valence-corrected chi connectivity index (χ0v) is 12.9. The molecule has 0 aromatic rings. The van der Waals surface area contributed by atoms with E-state index in [4.69, 9.17) is 18.9 Å². The maximum Gasteiger partial charge on any atom is 0.310 e. The van der Waals surface area contributed by atoms with Gasteiger partial charge in [0, 0.05) is 12.3 Å². The van der Waals surface area contributed by atoms with Gasteiger partial charge in [0.2, 0.25) is 0 Å². The molecule has 5 atom stereocenters. The highest BCUT2D eigenvalue weighted by molar-refractivity contribution is 5.85. The van der Waals surface area contributed by atoms with Gasteiger partial charge in [-0.25, -0.2) is 0 Å². The van der Waals surface area contributed by atoms with Crippen LogP contribution in [0.15, 0.2) is 12.2 Å². The lowest BCUT2D eigenvalue weighted by Crippen LogP contribution is -2.39. The van der Waals surface area contributed by atoms with E-state index >= 15 is 0 Å². The van der Waals surface area contributed by atoms with Crippen molar-refractivity contribution < 1.29 is 28.5 Å². The monoisotopic (exact) mass is 310 g/mol. The van der Waals surface area contributed by atoms with E-state index < -0.39 is 11.8 Å². The number of carbonyl (C=O) groups is 2. The van der Waals surface area contributed by atoms with Crippen LogP contribution in [0.1, 0.15) is 19.8 Å². The summed E-state index contributed by atoms with van der Waals surface area (Å²) >= 11 is 0. The smallest absolute Gasteiger partial charge is 0.310 e. The minimum absolute atomic E-state index is 0.0264. The second-order valence-electron chi connectivity index (χ2n) is 6.12. The van der Waals surface area contributed by atoms with Crippen molar-refractivity contribution in [3.05, 3.63) is 12.2 Å². The fraction of sp³-hybridized carbons (Fsp3) is 0.750. The van der Waals surface area contributed by atoms with Crippen molar-refractivity contribution in [1.82, 2.24) is 0 Å². The standard InChI is InChI=1S/C16H22O6/c1-9-3-4-10-11(5-6-12-20-7-8-21-12)22-16(18)14(10)13(9)15(17)19-2/h3-4,9-14H,5-8H2,1-2H3/t9-,10-,11-,13-,14-/m1/s1. The zero-order valence-electron chi connectivity index (χ0n) is 12.9. The molecule has 2 aliphatic heterocycles. The molecule has 0 aromatic carbocycles. The topological polar surface area (TPSA) is 71.1 Å². The van der Waals surface area contributed by atoms with E-state index in [-0.39, 0.29) is 36.2 Å². The average Bonchev–Trinajstić information content (AvgIpc) is 3.13. The van der Waals surface area contributed by atoms with Gasteiger partial charge < -0.3 is 18.9 Å². The summed E-state index contributed by atoms with van der Waals surface area (Å²) in [6.45, 7) is 3.15. The second-order valence-corrected chi connectivity index (χ2v) is 6.12. The van der Waals surface area contributed by atoms with Crippen LogP contribution in [-0.2, 0) is 28.5 Å². The number of carbonyl (C=O) groups excluding carboxylic acids is 2. The van der Waals surface area contributed by atoms with Crippen molar-refractivity contribution in [2.45, 2.75) is 32.2 Å². The van der Waals surface area contributed by atoms with Crippen LogP contribution in [0.3, 0.4) is 0 Å². The van der Waals surface area contributed by atoms with Gasteiger partial charge in [-0.15, -0.1) is 0 Å². The first-order valence-electron chi connectivity index (χ1n) is 7.81. The normalized spacial score (nSPS) is 37.9.